The van der Waals surface area contributed by atoms with Crippen molar-refractivity contribution in [2.45, 2.75) is 6.92 Å². The van der Waals surface area contributed by atoms with Crippen LogP contribution >= 0.6 is 12.2 Å². The number of hydrogen-bond donors (Lipinski definition) is 1. The van der Waals surface area contributed by atoms with Crippen molar-refractivity contribution in [1.29, 1.82) is 0 Å². The van der Waals surface area contributed by atoms with Gasteiger partial charge in [-0.1, -0.05) is 0 Å². The third-order valence-electron chi connectivity index (χ3n) is 2.08. The van der Waals surface area contributed by atoms with Gasteiger partial charge in [-0.15, -0.1) is 0 Å². The van der Waals surface area contributed by atoms with Gasteiger partial charge in [0, 0.05) is 24.0 Å². The van der Waals surface area contributed by atoms with Gasteiger partial charge in [-0.05, 0) is 19.1 Å². The lowest BCUT2D eigenvalue weighted by molar-refractivity contribution is 0.490. The number of aromatic amines is 1. The molecule has 0 aliphatic carbocycles. The zero-order valence-electron chi connectivity index (χ0n) is 8.22. The molecule has 1 heterocycles. The van der Waals surface area contributed by atoms with Gasteiger partial charge in [0.15, 0.2) is 16.4 Å². The zero-order chi connectivity index (χ0) is 11.9. The van der Waals surface area contributed by atoms with E-state index < -0.39 is 17.5 Å². The SMILES string of the molecule is Cc1cn(-c2cc(F)cc(F)c2F)c(=S)[nH]1. The number of benzene rings is 1. The number of nitrogens with zero attached hydrogens (tertiary/aromatic N) is 1. The fourth-order valence-electron chi connectivity index (χ4n) is 1.41. The molecule has 0 unspecified atom stereocenters. The Kier molecular flexibility index (Phi) is 2.59. The van der Waals surface area contributed by atoms with Gasteiger partial charge in [-0.25, -0.2) is 13.2 Å². The first kappa shape index (κ1) is 10.9. The van der Waals surface area contributed by atoms with Crippen LogP contribution in [0.25, 0.3) is 5.69 Å². The molecule has 16 heavy (non-hydrogen) atoms. The maximum absolute atomic E-state index is 13.4. The highest BCUT2D eigenvalue weighted by Crippen LogP contribution is 2.19. The molecule has 0 amide bonds. The second-order valence-corrected chi connectivity index (χ2v) is 3.72. The molecule has 6 heteroatoms. The fraction of sp³-hybridized carbons (Fsp3) is 0.100. The maximum Gasteiger partial charge on any atom is 0.183 e. The summed E-state index contributed by atoms with van der Waals surface area (Å²) in [5, 5.41) is 0. The molecular formula is C10H7F3N2S. The zero-order valence-corrected chi connectivity index (χ0v) is 9.04. The van der Waals surface area contributed by atoms with E-state index in [1.807, 2.05) is 0 Å². The van der Waals surface area contributed by atoms with Gasteiger partial charge in [0.2, 0.25) is 0 Å². The van der Waals surface area contributed by atoms with Crippen LogP contribution in [0.5, 0.6) is 0 Å². The van der Waals surface area contributed by atoms with Gasteiger partial charge in [-0.3, -0.25) is 4.57 Å². The number of H-pyrrole nitrogens is 1. The lowest BCUT2D eigenvalue weighted by atomic mass is 10.3. The maximum atomic E-state index is 13.4. The fourth-order valence-corrected chi connectivity index (χ4v) is 1.72. The Morgan fingerprint density at radius 2 is 1.94 bits per heavy atom. The summed E-state index contributed by atoms with van der Waals surface area (Å²) < 4.78 is 40.8. The molecule has 0 bridgehead atoms. The number of aryl methyl sites for hydroxylation is 1. The van der Waals surface area contributed by atoms with Gasteiger partial charge in [0.25, 0.3) is 0 Å². The summed E-state index contributed by atoms with van der Waals surface area (Å²) in [6, 6.07) is 1.38. The number of rotatable bonds is 1. The molecule has 0 aliphatic heterocycles. The monoisotopic (exact) mass is 244 g/mol. The number of imidazole rings is 1. The molecule has 0 atom stereocenters. The van der Waals surface area contributed by atoms with Crippen LogP contribution < -0.4 is 0 Å². The highest BCUT2D eigenvalue weighted by Gasteiger charge is 2.13. The average molecular weight is 244 g/mol. The Morgan fingerprint density at radius 3 is 2.50 bits per heavy atom. The van der Waals surface area contributed by atoms with E-state index in [0.29, 0.717) is 11.8 Å². The largest absolute Gasteiger partial charge is 0.335 e. The summed E-state index contributed by atoms with van der Waals surface area (Å²) in [6.45, 7) is 1.71. The van der Waals surface area contributed by atoms with Crippen LogP contribution in [0.2, 0.25) is 0 Å². The van der Waals surface area contributed by atoms with Crippen LogP contribution in [0.15, 0.2) is 18.3 Å². The molecule has 84 valence electrons. The van der Waals surface area contributed by atoms with Crippen LogP contribution in [-0.4, -0.2) is 9.55 Å². The number of aromatic nitrogens is 2. The van der Waals surface area contributed by atoms with E-state index in [9.17, 15) is 13.2 Å². The molecule has 0 fully saturated rings. The molecule has 2 nitrogen and oxygen atoms in total. The van der Waals surface area contributed by atoms with Crippen molar-refractivity contribution in [3.05, 3.63) is 46.2 Å². The summed E-state index contributed by atoms with van der Waals surface area (Å²) in [5.74, 6) is -3.22. The van der Waals surface area contributed by atoms with E-state index >= 15 is 0 Å². The molecule has 2 rings (SSSR count). The molecule has 0 spiro atoms. The Labute approximate surface area is 94.3 Å². The second-order valence-electron chi connectivity index (χ2n) is 3.33. The minimum Gasteiger partial charge on any atom is -0.335 e. The summed E-state index contributed by atoms with van der Waals surface area (Å²) in [7, 11) is 0. The van der Waals surface area contributed by atoms with Gasteiger partial charge in [0.05, 0.1) is 5.69 Å². The van der Waals surface area contributed by atoms with Gasteiger partial charge in [0.1, 0.15) is 5.82 Å². The number of nitrogens with one attached hydrogen (secondary N) is 1. The Bertz CT molecular complexity index is 601. The van der Waals surface area contributed by atoms with Crippen molar-refractivity contribution >= 4 is 12.2 Å². The summed E-state index contributed by atoms with van der Waals surface area (Å²) >= 11 is 4.90. The smallest absolute Gasteiger partial charge is 0.183 e. The van der Waals surface area contributed by atoms with E-state index in [1.54, 1.807) is 6.92 Å². The van der Waals surface area contributed by atoms with Crippen LogP contribution in [0.3, 0.4) is 0 Å². The first-order chi connectivity index (χ1) is 7.49. The minimum absolute atomic E-state index is 0.182. The van der Waals surface area contributed by atoms with Crippen LogP contribution in [-0.2, 0) is 0 Å². The lowest BCUT2D eigenvalue weighted by Gasteiger charge is -2.04. The van der Waals surface area contributed by atoms with Crippen LogP contribution in [0.4, 0.5) is 13.2 Å². The Hall–Kier alpha value is -1.56. The first-order valence-corrected chi connectivity index (χ1v) is 4.83. The molecule has 0 aliphatic rings. The van der Waals surface area contributed by atoms with E-state index in [0.717, 1.165) is 6.07 Å². The third kappa shape index (κ3) is 1.76. The normalized spacial score (nSPS) is 10.8. The number of hydrogen-bond acceptors (Lipinski definition) is 1. The van der Waals surface area contributed by atoms with Crippen molar-refractivity contribution in [2.24, 2.45) is 0 Å². The highest BCUT2D eigenvalue weighted by molar-refractivity contribution is 7.71. The molecule has 1 N–H and O–H groups in total. The molecule has 0 saturated carbocycles. The second kappa shape index (κ2) is 3.79. The lowest BCUT2D eigenvalue weighted by Crippen LogP contribution is -2.00. The Morgan fingerprint density at radius 1 is 1.25 bits per heavy atom. The van der Waals surface area contributed by atoms with Crippen molar-refractivity contribution < 1.29 is 13.2 Å². The van der Waals surface area contributed by atoms with Gasteiger partial charge in [-0.2, -0.15) is 0 Å². The van der Waals surface area contributed by atoms with Crippen LogP contribution in [0.1, 0.15) is 5.69 Å². The number of halogens is 3. The van der Waals surface area contributed by atoms with E-state index in [4.69, 9.17) is 12.2 Å². The van der Waals surface area contributed by atoms with Crippen molar-refractivity contribution in [1.82, 2.24) is 9.55 Å². The van der Waals surface area contributed by atoms with Crippen molar-refractivity contribution in [3.8, 4) is 5.69 Å². The van der Waals surface area contributed by atoms with Gasteiger partial charge >= 0.3 is 0 Å². The molecule has 0 radical (unpaired) electrons. The van der Waals surface area contributed by atoms with E-state index in [-0.39, 0.29) is 10.5 Å². The summed E-state index contributed by atoms with van der Waals surface area (Å²) in [4.78, 5) is 2.74. The predicted octanol–water partition coefficient (Wildman–Crippen LogP) is 3.26. The van der Waals surface area contributed by atoms with Crippen LogP contribution in [0, 0.1) is 29.1 Å². The first-order valence-electron chi connectivity index (χ1n) is 4.42. The van der Waals surface area contributed by atoms with E-state index in [2.05, 4.69) is 4.98 Å². The van der Waals surface area contributed by atoms with Gasteiger partial charge < -0.3 is 4.98 Å². The molecular weight excluding hydrogens is 237 g/mol. The summed E-state index contributed by atoms with van der Waals surface area (Å²) in [5.41, 5.74) is 0.431. The topological polar surface area (TPSA) is 20.7 Å². The average Bonchev–Trinajstić information content (AvgIpc) is 2.51. The minimum atomic E-state index is -1.24. The molecule has 2 aromatic rings. The van der Waals surface area contributed by atoms with Crippen molar-refractivity contribution in [2.75, 3.05) is 0 Å². The highest BCUT2D eigenvalue weighted by atomic mass is 32.1. The van der Waals surface area contributed by atoms with E-state index in [1.165, 1.54) is 10.8 Å². The summed E-state index contributed by atoms with van der Waals surface area (Å²) in [6.07, 6.45) is 1.47. The quantitative estimate of drug-likeness (QED) is 0.603. The predicted molar refractivity (Wildman–Crippen MR) is 55.6 cm³/mol. The molecule has 1 aromatic carbocycles. The standard InChI is InChI=1S/C10H7F3N2S/c1-5-4-15(10(16)14-5)8-3-6(11)2-7(12)9(8)13/h2-4H,1H3,(H,14,16). The van der Waals surface area contributed by atoms with Crippen molar-refractivity contribution in [3.63, 3.8) is 0 Å². The molecule has 0 saturated heterocycles. The Balaban J connectivity index is 2.73. The molecule has 1 aromatic heterocycles. The third-order valence-corrected chi connectivity index (χ3v) is 2.38.